The number of pyridine rings is 1. The summed E-state index contributed by atoms with van der Waals surface area (Å²) >= 11 is 0. The molecule has 2 aliphatic heterocycles. The van der Waals surface area contributed by atoms with E-state index in [9.17, 15) is 19.2 Å². The predicted molar refractivity (Wildman–Crippen MR) is 220 cm³/mol. The van der Waals surface area contributed by atoms with E-state index >= 15 is 0 Å². The number of amides is 4. The van der Waals surface area contributed by atoms with E-state index in [-0.39, 0.29) is 29.8 Å². The first-order valence-corrected chi connectivity index (χ1v) is 19.9. The summed E-state index contributed by atoms with van der Waals surface area (Å²) in [7, 11) is 4.04. The zero-order valence-electron chi connectivity index (χ0n) is 34.2. The van der Waals surface area contributed by atoms with Crippen LogP contribution in [-0.4, -0.2) is 111 Å². The third kappa shape index (κ3) is 8.63. The zero-order valence-corrected chi connectivity index (χ0v) is 34.2. The molecule has 4 amide bonds. The average molecular weight is 806 g/mol. The fourth-order valence-corrected chi connectivity index (χ4v) is 7.98. The molecule has 4 N–H and O–H groups in total. The maximum Gasteiger partial charge on any atom is 0.407 e. The number of nitrogens with one attached hydrogen (secondary N) is 4. The SMILES string of the molecule is COC(=O)N[C@H](C(=O)N1CCC[C@H]1c1ncc(-c2cnc3cc(-c4ccc(-c5cnc([C@@H]6CCCN6C(=O)[C@@H](NC(=O)OC)[C@@H](C)OC)[nH]5)cc4)ccc3c2)[nH]1)C(C)C. The molecule has 0 spiro atoms. The number of rotatable bonds is 12. The number of nitrogens with zero attached hydrogens (tertiary/aromatic N) is 5. The highest BCUT2D eigenvalue weighted by molar-refractivity contribution is 5.89. The van der Waals surface area contributed by atoms with E-state index in [4.69, 9.17) is 19.2 Å². The molecule has 59 heavy (non-hydrogen) atoms. The van der Waals surface area contributed by atoms with Crippen LogP contribution in [0.2, 0.25) is 0 Å². The third-order valence-corrected chi connectivity index (χ3v) is 11.4. The van der Waals surface area contributed by atoms with Gasteiger partial charge in [-0.1, -0.05) is 50.2 Å². The molecule has 2 aromatic carbocycles. The lowest BCUT2D eigenvalue weighted by Crippen LogP contribution is -2.54. The maximum atomic E-state index is 13.6. The van der Waals surface area contributed by atoms with Crippen LogP contribution in [0.15, 0.2) is 67.1 Å². The van der Waals surface area contributed by atoms with Crippen molar-refractivity contribution in [3.05, 3.63) is 78.8 Å². The summed E-state index contributed by atoms with van der Waals surface area (Å²) in [5.41, 5.74) is 6.36. The summed E-state index contributed by atoms with van der Waals surface area (Å²) in [6.07, 6.45) is 6.64. The number of hydrogen-bond acceptors (Lipinski definition) is 10. The minimum Gasteiger partial charge on any atom is -0.453 e. The van der Waals surface area contributed by atoms with E-state index in [1.54, 1.807) is 29.1 Å². The van der Waals surface area contributed by atoms with Gasteiger partial charge in [-0.15, -0.1) is 0 Å². The highest BCUT2D eigenvalue weighted by atomic mass is 16.5. The van der Waals surface area contributed by atoms with Crippen molar-refractivity contribution in [2.24, 2.45) is 5.92 Å². The van der Waals surface area contributed by atoms with Gasteiger partial charge in [0.15, 0.2) is 0 Å². The molecular formula is C43H51N9O7. The van der Waals surface area contributed by atoms with Crippen LogP contribution < -0.4 is 10.6 Å². The molecule has 16 nitrogen and oxygen atoms in total. The number of ether oxygens (including phenoxy) is 3. The summed E-state index contributed by atoms with van der Waals surface area (Å²) in [5, 5.41) is 6.29. The van der Waals surface area contributed by atoms with Crippen LogP contribution in [0.1, 0.15) is 70.2 Å². The van der Waals surface area contributed by atoms with Crippen LogP contribution in [0, 0.1) is 5.92 Å². The second-order valence-electron chi connectivity index (χ2n) is 15.4. The first-order chi connectivity index (χ1) is 28.5. The van der Waals surface area contributed by atoms with Crippen molar-refractivity contribution in [2.45, 2.75) is 76.7 Å². The van der Waals surface area contributed by atoms with E-state index < -0.39 is 30.4 Å². The van der Waals surface area contributed by atoms with E-state index in [2.05, 4.69) is 67.0 Å². The highest BCUT2D eigenvalue weighted by Gasteiger charge is 2.39. The number of methoxy groups -OCH3 is 3. The van der Waals surface area contributed by atoms with Gasteiger partial charge in [-0.25, -0.2) is 19.6 Å². The lowest BCUT2D eigenvalue weighted by Gasteiger charge is -2.30. The Morgan fingerprint density at radius 3 is 1.75 bits per heavy atom. The van der Waals surface area contributed by atoms with Crippen molar-refractivity contribution in [2.75, 3.05) is 34.4 Å². The minimum absolute atomic E-state index is 0.116. The summed E-state index contributed by atoms with van der Waals surface area (Å²) in [5.74, 6) is 0.862. The summed E-state index contributed by atoms with van der Waals surface area (Å²) in [6, 6.07) is 14.4. The lowest BCUT2D eigenvalue weighted by molar-refractivity contribution is -0.137. The van der Waals surface area contributed by atoms with Gasteiger partial charge < -0.3 is 44.6 Å². The number of aromatic amines is 2. The fourth-order valence-electron chi connectivity index (χ4n) is 7.98. The van der Waals surface area contributed by atoms with Gasteiger partial charge in [0, 0.05) is 37.3 Å². The molecule has 2 aliphatic rings. The number of carbonyl (C=O) groups excluding carboxylic acids is 4. The van der Waals surface area contributed by atoms with E-state index in [1.807, 2.05) is 32.2 Å². The lowest BCUT2D eigenvalue weighted by atomic mass is 10.0. The third-order valence-electron chi connectivity index (χ3n) is 11.4. The normalized spacial score (nSPS) is 18.2. The molecule has 3 aromatic heterocycles. The predicted octanol–water partition coefficient (Wildman–Crippen LogP) is 6.15. The molecule has 310 valence electrons. The number of likely N-dealkylation sites (tertiary alicyclic amines) is 2. The monoisotopic (exact) mass is 805 g/mol. The number of fused-ring (bicyclic) bond motifs is 1. The van der Waals surface area contributed by atoms with Crippen molar-refractivity contribution >= 4 is 34.9 Å². The molecule has 5 atom stereocenters. The molecule has 16 heteroatoms. The Balaban J connectivity index is 1.02. The maximum absolute atomic E-state index is 13.6. The van der Waals surface area contributed by atoms with Gasteiger partial charge in [0.25, 0.3) is 0 Å². The van der Waals surface area contributed by atoms with Crippen molar-refractivity contribution in [3.63, 3.8) is 0 Å². The molecular weight excluding hydrogens is 755 g/mol. The number of alkyl carbamates (subject to hydrolysis) is 2. The largest absolute Gasteiger partial charge is 0.453 e. The van der Waals surface area contributed by atoms with Crippen LogP contribution in [0.3, 0.4) is 0 Å². The molecule has 7 rings (SSSR count). The summed E-state index contributed by atoms with van der Waals surface area (Å²) < 4.78 is 14.9. The number of benzene rings is 2. The second-order valence-corrected chi connectivity index (χ2v) is 15.4. The number of H-pyrrole nitrogens is 2. The number of imidazole rings is 2. The van der Waals surface area contributed by atoms with Gasteiger partial charge in [-0.2, -0.15) is 0 Å². The second kappa shape index (κ2) is 17.7. The van der Waals surface area contributed by atoms with Crippen molar-refractivity contribution in [1.29, 1.82) is 0 Å². The Hall–Kier alpha value is -6.29. The van der Waals surface area contributed by atoms with Gasteiger partial charge in [-0.05, 0) is 67.3 Å². The van der Waals surface area contributed by atoms with Crippen LogP contribution in [0.25, 0.3) is 44.5 Å². The van der Waals surface area contributed by atoms with Crippen molar-refractivity contribution in [3.8, 4) is 33.6 Å². The van der Waals surface area contributed by atoms with Crippen LogP contribution in [0.5, 0.6) is 0 Å². The topological polar surface area (TPSA) is 197 Å². The molecule has 0 aliphatic carbocycles. The molecule has 5 aromatic rings. The van der Waals surface area contributed by atoms with Gasteiger partial charge in [0.2, 0.25) is 11.8 Å². The van der Waals surface area contributed by atoms with Crippen LogP contribution in [-0.2, 0) is 23.8 Å². The van der Waals surface area contributed by atoms with Gasteiger partial charge in [0.05, 0.1) is 61.7 Å². The van der Waals surface area contributed by atoms with Crippen molar-refractivity contribution in [1.82, 2.24) is 45.4 Å². The van der Waals surface area contributed by atoms with Gasteiger partial charge in [0.1, 0.15) is 23.7 Å². The number of aromatic nitrogens is 5. The Morgan fingerprint density at radius 2 is 1.19 bits per heavy atom. The standard InChI is InChI=1S/C43H51N9O7/c1-24(2)36(49-42(55)58-5)40(53)51-17-7-9-34(51)39-46-23-33(48-39)30-19-29-16-15-28(20-31(29)44-21-30)26-11-13-27(14-12-26)32-22-45-38(47-32)35-10-8-18-52(35)41(54)37(25(3)57-4)50-43(56)59-6/h11-16,19-25,34-37H,7-10,17-18H2,1-6H3,(H,45,47)(H,46,48)(H,49,55)(H,50,56)/t25-,34+,35+,36+,37+/m1/s1. The Bertz CT molecular complexity index is 2310. The smallest absolute Gasteiger partial charge is 0.407 e. The van der Waals surface area contributed by atoms with E-state index in [1.165, 1.54) is 21.3 Å². The van der Waals surface area contributed by atoms with Crippen LogP contribution >= 0.6 is 0 Å². The first-order valence-electron chi connectivity index (χ1n) is 19.9. The molecule has 2 fully saturated rings. The molecule has 0 radical (unpaired) electrons. The van der Waals surface area contributed by atoms with E-state index in [0.717, 1.165) is 70.2 Å². The minimum atomic E-state index is -0.900. The fraction of sp³-hybridized carbons (Fsp3) is 0.419. The molecule has 0 bridgehead atoms. The van der Waals surface area contributed by atoms with Crippen LogP contribution in [0.4, 0.5) is 9.59 Å². The Labute approximate surface area is 342 Å². The molecule has 0 unspecified atom stereocenters. The zero-order chi connectivity index (χ0) is 41.8. The summed E-state index contributed by atoms with van der Waals surface area (Å²) in [4.78, 5) is 75.7. The Morgan fingerprint density at radius 1 is 0.661 bits per heavy atom. The quantitative estimate of drug-likeness (QED) is 0.114. The summed E-state index contributed by atoms with van der Waals surface area (Å²) in [6.45, 7) is 6.64. The molecule has 5 heterocycles. The number of hydrogen-bond donors (Lipinski definition) is 4. The van der Waals surface area contributed by atoms with Crippen molar-refractivity contribution < 1.29 is 33.4 Å². The molecule has 0 saturated carbocycles. The first kappa shape index (κ1) is 40.9. The van der Waals surface area contributed by atoms with Gasteiger partial charge in [-0.3, -0.25) is 14.6 Å². The number of carbonyl (C=O) groups is 4. The molecule has 2 saturated heterocycles. The average Bonchev–Trinajstić information content (AvgIpc) is 4.10. The highest BCUT2D eigenvalue weighted by Crippen LogP contribution is 2.35. The Kier molecular flexibility index (Phi) is 12.3. The van der Waals surface area contributed by atoms with Gasteiger partial charge >= 0.3 is 12.2 Å². The van der Waals surface area contributed by atoms with E-state index in [0.29, 0.717) is 24.7 Å².